The normalized spacial score (nSPS) is 15.9. The molecular formula is C11H13NOS. The van der Waals surface area contributed by atoms with Crippen LogP contribution < -0.4 is 0 Å². The van der Waals surface area contributed by atoms with Crippen molar-refractivity contribution in [1.82, 2.24) is 0 Å². The zero-order chi connectivity index (χ0) is 9.64. The SMILES string of the molecule is c1ccc(CSC2=NCCCO2)cc1. The second-order valence-electron chi connectivity index (χ2n) is 3.12. The maximum absolute atomic E-state index is 5.41. The van der Waals surface area contributed by atoms with Gasteiger partial charge in [0.25, 0.3) is 0 Å². The third kappa shape index (κ3) is 2.77. The van der Waals surface area contributed by atoms with E-state index in [0.717, 1.165) is 30.6 Å². The summed E-state index contributed by atoms with van der Waals surface area (Å²) < 4.78 is 5.41. The highest BCUT2D eigenvalue weighted by Gasteiger charge is 2.06. The maximum Gasteiger partial charge on any atom is 0.246 e. The number of thioether (sulfide) groups is 1. The Kier molecular flexibility index (Phi) is 3.46. The van der Waals surface area contributed by atoms with Crippen LogP contribution in [0.25, 0.3) is 0 Å². The fraction of sp³-hybridized carbons (Fsp3) is 0.364. The van der Waals surface area contributed by atoms with Crippen molar-refractivity contribution in [3.8, 4) is 0 Å². The molecular weight excluding hydrogens is 194 g/mol. The lowest BCUT2D eigenvalue weighted by Crippen LogP contribution is -2.10. The second kappa shape index (κ2) is 5.05. The summed E-state index contributed by atoms with van der Waals surface area (Å²) in [6.07, 6.45) is 1.05. The molecule has 0 N–H and O–H groups in total. The monoisotopic (exact) mass is 207 g/mol. The zero-order valence-electron chi connectivity index (χ0n) is 7.98. The highest BCUT2D eigenvalue weighted by Crippen LogP contribution is 2.16. The van der Waals surface area contributed by atoms with E-state index in [-0.39, 0.29) is 0 Å². The summed E-state index contributed by atoms with van der Waals surface area (Å²) >= 11 is 1.68. The van der Waals surface area contributed by atoms with Gasteiger partial charge in [0.15, 0.2) is 0 Å². The summed E-state index contributed by atoms with van der Waals surface area (Å²) in [6.45, 7) is 1.73. The van der Waals surface area contributed by atoms with Crippen LogP contribution in [0.1, 0.15) is 12.0 Å². The molecule has 0 spiro atoms. The molecule has 0 saturated carbocycles. The van der Waals surface area contributed by atoms with E-state index < -0.39 is 0 Å². The number of nitrogens with zero attached hydrogens (tertiary/aromatic N) is 1. The summed E-state index contributed by atoms with van der Waals surface area (Å²) in [4.78, 5) is 4.30. The van der Waals surface area contributed by atoms with Crippen molar-refractivity contribution in [2.45, 2.75) is 12.2 Å². The Labute approximate surface area is 88.4 Å². The topological polar surface area (TPSA) is 21.6 Å². The first-order valence-corrected chi connectivity index (χ1v) is 5.78. The van der Waals surface area contributed by atoms with Crippen LogP contribution in [-0.4, -0.2) is 18.4 Å². The van der Waals surface area contributed by atoms with E-state index in [9.17, 15) is 0 Å². The lowest BCUT2D eigenvalue weighted by atomic mass is 10.2. The fourth-order valence-corrected chi connectivity index (χ4v) is 2.08. The first kappa shape index (κ1) is 9.59. The fourth-order valence-electron chi connectivity index (χ4n) is 1.25. The Morgan fingerprint density at radius 1 is 1.29 bits per heavy atom. The van der Waals surface area contributed by atoms with Crippen molar-refractivity contribution in [3.05, 3.63) is 35.9 Å². The predicted molar refractivity (Wildman–Crippen MR) is 60.6 cm³/mol. The Morgan fingerprint density at radius 3 is 2.86 bits per heavy atom. The molecule has 0 aliphatic carbocycles. The average molecular weight is 207 g/mol. The van der Waals surface area contributed by atoms with Crippen molar-refractivity contribution < 1.29 is 4.74 Å². The molecule has 0 saturated heterocycles. The molecule has 1 aromatic carbocycles. The van der Waals surface area contributed by atoms with Crippen LogP contribution in [0.4, 0.5) is 0 Å². The molecule has 1 heterocycles. The van der Waals surface area contributed by atoms with Crippen LogP contribution in [-0.2, 0) is 10.5 Å². The summed E-state index contributed by atoms with van der Waals surface area (Å²) in [5.74, 6) is 0.944. The van der Waals surface area contributed by atoms with Crippen LogP contribution in [0.2, 0.25) is 0 Å². The minimum Gasteiger partial charge on any atom is -0.473 e. The van der Waals surface area contributed by atoms with E-state index in [0.29, 0.717) is 0 Å². The number of ether oxygens (including phenoxy) is 1. The van der Waals surface area contributed by atoms with E-state index in [1.165, 1.54) is 5.56 Å². The molecule has 2 rings (SSSR count). The Morgan fingerprint density at radius 2 is 2.14 bits per heavy atom. The van der Waals surface area contributed by atoms with E-state index in [2.05, 4.69) is 29.3 Å². The van der Waals surface area contributed by atoms with E-state index >= 15 is 0 Å². The average Bonchev–Trinajstić information content (AvgIpc) is 2.29. The third-order valence-corrected chi connectivity index (χ3v) is 2.95. The quantitative estimate of drug-likeness (QED) is 0.743. The van der Waals surface area contributed by atoms with Gasteiger partial charge in [-0.3, -0.25) is 0 Å². The van der Waals surface area contributed by atoms with Gasteiger partial charge in [-0.05, 0) is 5.56 Å². The third-order valence-electron chi connectivity index (χ3n) is 1.97. The first-order valence-electron chi connectivity index (χ1n) is 4.79. The molecule has 1 aromatic rings. The standard InChI is InChI=1S/C11H13NOS/c1-2-5-10(6-3-1)9-14-11-12-7-4-8-13-11/h1-3,5-6H,4,7-9H2. The van der Waals surface area contributed by atoms with Crippen molar-refractivity contribution in [3.63, 3.8) is 0 Å². The van der Waals surface area contributed by atoms with Crippen LogP contribution in [0.5, 0.6) is 0 Å². The molecule has 3 heteroatoms. The van der Waals surface area contributed by atoms with Gasteiger partial charge in [-0.25, -0.2) is 4.99 Å². The molecule has 74 valence electrons. The molecule has 1 aliphatic heterocycles. The summed E-state index contributed by atoms with van der Waals surface area (Å²) in [7, 11) is 0. The van der Waals surface area contributed by atoms with Gasteiger partial charge < -0.3 is 4.74 Å². The highest BCUT2D eigenvalue weighted by molar-refractivity contribution is 8.12. The van der Waals surface area contributed by atoms with Gasteiger partial charge >= 0.3 is 0 Å². The Hall–Kier alpha value is -0.960. The van der Waals surface area contributed by atoms with Crippen LogP contribution in [0.15, 0.2) is 35.3 Å². The number of hydrogen-bond acceptors (Lipinski definition) is 3. The van der Waals surface area contributed by atoms with Gasteiger partial charge in [-0.15, -0.1) is 0 Å². The van der Waals surface area contributed by atoms with Crippen molar-refractivity contribution >= 4 is 17.0 Å². The molecule has 0 unspecified atom stereocenters. The van der Waals surface area contributed by atoms with Gasteiger partial charge in [0, 0.05) is 18.7 Å². The first-order chi connectivity index (χ1) is 6.95. The summed E-state index contributed by atoms with van der Waals surface area (Å²) in [6, 6.07) is 10.4. The van der Waals surface area contributed by atoms with Gasteiger partial charge in [-0.1, -0.05) is 42.1 Å². The Bertz CT molecular complexity index is 310. The predicted octanol–water partition coefficient (Wildman–Crippen LogP) is 2.70. The summed E-state index contributed by atoms with van der Waals surface area (Å²) in [5, 5.41) is 0.847. The molecule has 0 atom stereocenters. The number of benzene rings is 1. The van der Waals surface area contributed by atoms with Crippen molar-refractivity contribution in [1.29, 1.82) is 0 Å². The molecule has 2 nitrogen and oxygen atoms in total. The molecule has 1 aliphatic rings. The largest absolute Gasteiger partial charge is 0.473 e. The van der Waals surface area contributed by atoms with Crippen LogP contribution in [0, 0.1) is 0 Å². The minimum absolute atomic E-state index is 0.820. The van der Waals surface area contributed by atoms with E-state index in [4.69, 9.17) is 4.74 Å². The number of rotatable bonds is 2. The lowest BCUT2D eigenvalue weighted by Gasteiger charge is -2.12. The van der Waals surface area contributed by atoms with E-state index in [1.54, 1.807) is 11.8 Å². The molecule has 0 amide bonds. The van der Waals surface area contributed by atoms with Gasteiger partial charge in [-0.2, -0.15) is 0 Å². The molecule has 14 heavy (non-hydrogen) atoms. The second-order valence-corrected chi connectivity index (χ2v) is 4.05. The van der Waals surface area contributed by atoms with E-state index in [1.807, 2.05) is 6.07 Å². The molecule has 0 aromatic heterocycles. The van der Waals surface area contributed by atoms with Crippen molar-refractivity contribution in [2.75, 3.05) is 13.2 Å². The highest BCUT2D eigenvalue weighted by atomic mass is 32.2. The number of hydrogen-bond donors (Lipinski definition) is 0. The number of aliphatic imine (C=N–C) groups is 1. The van der Waals surface area contributed by atoms with Crippen molar-refractivity contribution in [2.24, 2.45) is 4.99 Å². The minimum atomic E-state index is 0.820. The smallest absolute Gasteiger partial charge is 0.246 e. The Balaban J connectivity index is 1.85. The van der Waals surface area contributed by atoms with Gasteiger partial charge in [0.05, 0.1) is 6.61 Å². The molecule has 0 fully saturated rings. The van der Waals surface area contributed by atoms with Crippen LogP contribution in [0.3, 0.4) is 0 Å². The van der Waals surface area contributed by atoms with Gasteiger partial charge in [0.1, 0.15) is 0 Å². The zero-order valence-corrected chi connectivity index (χ0v) is 8.80. The molecule has 0 radical (unpaired) electrons. The molecule has 0 bridgehead atoms. The van der Waals surface area contributed by atoms with Gasteiger partial charge in [0.2, 0.25) is 5.23 Å². The van der Waals surface area contributed by atoms with Crippen LogP contribution >= 0.6 is 11.8 Å². The summed E-state index contributed by atoms with van der Waals surface area (Å²) in [5.41, 5.74) is 1.31. The maximum atomic E-state index is 5.41. The lowest BCUT2D eigenvalue weighted by molar-refractivity contribution is 0.293.